The lowest BCUT2D eigenvalue weighted by Gasteiger charge is -2.22. The zero-order chi connectivity index (χ0) is 19.4. The van der Waals surface area contributed by atoms with Crippen LogP contribution in [0.15, 0.2) is 29.6 Å². The Morgan fingerprint density at radius 2 is 2.08 bits per heavy atom. The maximum atomic E-state index is 11.8. The molecule has 2 amide bonds. The Hall–Kier alpha value is -2.12. The Bertz CT molecular complexity index is 935. The highest BCUT2D eigenvalue weighted by Gasteiger charge is 2.29. The second-order valence-electron chi connectivity index (χ2n) is 5.56. The van der Waals surface area contributed by atoms with Crippen molar-refractivity contribution in [3.63, 3.8) is 0 Å². The highest BCUT2D eigenvalue weighted by atomic mass is 35.5. The Morgan fingerprint density at radius 3 is 2.65 bits per heavy atom. The van der Waals surface area contributed by atoms with Gasteiger partial charge in [0.05, 0.1) is 16.9 Å². The third kappa shape index (κ3) is 5.19. The van der Waals surface area contributed by atoms with E-state index in [0.717, 1.165) is 5.56 Å². The van der Waals surface area contributed by atoms with Gasteiger partial charge in [-0.25, -0.2) is 23.3 Å². The number of aromatic nitrogens is 1. The molecule has 2 aromatic rings. The molecule has 1 aromatic carbocycles. The van der Waals surface area contributed by atoms with Crippen LogP contribution in [0, 0.1) is 12.3 Å². The van der Waals surface area contributed by atoms with Crippen molar-refractivity contribution in [1.82, 2.24) is 10.3 Å². The molecule has 0 bridgehead atoms. The second kappa shape index (κ2) is 8.05. The summed E-state index contributed by atoms with van der Waals surface area (Å²) in [5.74, 6) is 2.39. The van der Waals surface area contributed by atoms with Gasteiger partial charge in [0.15, 0.2) is 5.13 Å². The van der Waals surface area contributed by atoms with Crippen molar-refractivity contribution in [2.75, 3.05) is 17.6 Å². The molecule has 0 fully saturated rings. The molecule has 138 valence electrons. The molecule has 4 N–H and O–H groups in total. The summed E-state index contributed by atoms with van der Waals surface area (Å²) in [5.41, 5.74) is 0.663. The predicted octanol–water partition coefficient (Wildman–Crippen LogP) is 2.15. The quantitative estimate of drug-likeness (QED) is 0.630. The summed E-state index contributed by atoms with van der Waals surface area (Å²) >= 11 is 7.13. The number of carbonyl (C=O) groups is 1. The van der Waals surface area contributed by atoms with Gasteiger partial charge in [0.2, 0.25) is 10.0 Å². The number of carbonyl (C=O) groups excluding carboxylic acids is 1. The number of anilines is 1. The topological polar surface area (TPSA) is 114 Å². The highest BCUT2D eigenvalue weighted by Crippen LogP contribution is 2.33. The molecule has 1 atom stereocenters. The van der Waals surface area contributed by atoms with E-state index in [0.29, 0.717) is 15.8 Å². The molecular weight excluding hydrogens is 396 g/mol. The number of halogens is 1. The first-order chi connectivity index (χ1) is 12.1. The van der Waals surface area contributed by atoms with Crippen LogP contribution in [0.25, 0.3) is 0 Å². The number of rotatable bonds is 6. The number of nitrogens with one attached hydrogen (secondary N) is 2. The fourth-order valence-electron chi connectivity index (χ4n) is 2.10. The number of benzene rings is 1. The first kappa shape index (κ1) is 20.2. The second-order valence-corrected chi connectivity index (χ2v) is 8.59. The van der Waals surface area contributed by atoms with Crippen LogP contribution in [0.2, 0.25) is 5.02 Å². The van der Waals surface area contributed by atoms with E-state index in [1.54, 1.807) is 17.5 Å². The van der Waals surface area contributed by atoms with Crippen molar-refractivity contribution in [1.29, 1.82) is 0 Å². The van der Waals surface area contributed by atoms with Crippen molar-refractivity contribution in [2.24, 2.45) is 5.14 Å². The van der Waals surface area contributed by atoms with Gasteiger partial charge in [0, 0.05) is 16.9 Å². The van der Waals surface area contributed by atoms with Crippen molar-refractivity contribution in [3.8, 4) is 12.3 Å². The molecular formula is C16H17ClN4O3S2. The van der Waals surface area contributed by atoms with Gasteiger partial charge in [-0.05, 0) is 24.6 Å². The summed E-state index contributed by atoms with van der Waals surface area (Å²) in [6.45, 7) is 1.75. The first-order valence-electron chi connectivity index (χ1n) is 7.39. The predicted molar refractivity (Wildman–Crippen MR) is 104 cm³/mol. The summed E-state index contributed by atoms with van der Waals surface area (Å²) in [6, 6.07) is 6.57. The number of hydrogen-bond acceptors (Lipinski definition) is 5. The summed E-state index contributed by atoms with van der Waals surface area (Å²) in [4.78, 5) is 16.2. The number of nitrogens with zero attached hydrogens (tertiary/aromatic N) is 1. The van der Waals surface area contributed by atoms with E-state index in [1.807, 2.05) is 19.1 Å². The summed E-state index contributed by atoms with van der Waals surface area (Å²) in [5, 5.41) is 12.5. The zero-order valence-corrected chi connectivity index (χ0v) is 16.2. The van der Waals surface area contributed by atoms with Crippen LogP contribution in [0.3, 0.4) is 0 Å². The minimum absolute atomic E-state index is 0.101. The Labute approximate surface area is 161 Å². The van der Waals surface area contributed by atoms with Gasteiger partial charge in [-0.1, -0.05) is 29.7 Å². The number of amides is 2. The Kier molecular flexibility index (Phi) is 6.26. The molecule has 7 nitrogen and oxygen atoms in total. The third-order valence-corrected chi connectivity index (χ3v) is 5.40. The van der Waals surface area contributed by atoms with Crippen LogP contribution < -0.4 is 15.8 Å². The molecule has 1 heterocycles. The van der Waals surface area contributed by atoms with E-state index >= 15 is 0 Å². The summed E-state index contributed by atoms with van der Waals surface area (Å²) in [6.07, 6.45) is 5.74. The van der Waals surface area contributed by atoms with Gasteiger partial charge in [-0.15, -0.1) is 17.8 Å². The number of primary sulfonamides is 1. The normalized spacial score (nSPS) is 13.5. The zero-order valence-electron chi connectivity index (χ0n) is 13.8. The van der Waals surface area contributed by atoms with Gasteiger partial charge in [-0.3, -0.25) is 5.32 Å². The molecule has 1 aromatic heterocycles. The fourth-order valence-corrected chi connectivity index (χ4v) is 3.42. The standard InChI is InChI=1S/C16H17ClN4O3S2/c1-3-16(2,11-4-6-12(17)7-5-11)13-10-25-15(20-13)21-14(22)19-8-9-26(18,23)24/h1,4-7,10H,8-9H2,2H3,(H2,18,23,24)(H2,19,20,21,22). The number of nitrogens with two attached hydrogens (primary N) is 1. The molecule has 0 saturated carbocycles. The molecule has 2 rings (SSSR count). The smallest absolute Gasteiger partial charge is 0.321 e. The highest BCUT2D eigenvalue weighted by molar-refractivity contribution is 7.89. The molecule has 0 saturated heterocycles. The Balaban J connectivity index is 2.09. The van der Waals surface area contributed by atoms with E-state index in [-0.39, 0.29) is 12.3 Å². The molecule has 0 radical (unpaired) electrons. The van der Waals surface area contributed by atoms with Crippen molar-refractivity contribution in [3.05, 3.63) is 45.9 Å². The van der Waals surface area contributed by atoms with Crippen molar-refractivity contribution >= 4 is 44.1 Å². The maximum absolute atomic E-state index is 11.8. The van der Waals surface area contributed by atoms with E-state index < -0.39 is 21.5 Å². The van der Waals surface area contributed by atoms with E-state index in [9.17, 15) is 13.2 Å². The minimum atomic E-state index is -3.63. The SMILES string of the molecule is C#CC(C)(c1ccc(Cl)cc1)c1csc(NC(=O)NCCS(N)(=O)=O)n1. The number of urea groups is 1. The Morgan fingerprint density at radius 1 is 1.42 bits per heavy atom. The molecule has 10 heteroatoms. The van der Waals surface area contributed by atoms with Gasteiger partial charge in [0.1, 0.15) is 0 Å². The average Bonchev–Trinajstić information content (AvgIpc) is 3.02. The molecule has 26 heavy (non-hydrogen) atoms. The fraction of sp³-hybridized carbons (Fsp3) is 0.250. The molecule has 0 aliphatic heterocycles. The average molecular weight is 413 g/mol. The first-order valence-corrected chi connectivity index (χ1v) is 10.4. The van der Waals surface area contributed by atoms with E-state index in [2.05, 4.69) is 21.5 Å². The van der Waals surface area contributed by atoms with Crippen LogP contribution in [-0.4, -0.2) is 31.7 Å². The summed E-state index contributed by atoms with van der Waals surface area (Å²) < 4.78 is 21.7. The lowest BCUT2D eigenvalue weighted by molar-refractivity contribution is 0.252. The molecule has 0 aliphatic carbocycles. The minimum Gasteiger partial charge on any atom is -0.337 e. The van der Waals surface area contributed by atoms with Crippen LogP contribution >= 0.6 is 22.9 Å². The lowest BCUT2D eigenvalue weighted by Crippen LogP contribution is -2.34. The third-order valence-electron chi connectivity index (χ3n) is 3.62. The van der Waals surface area contributed by atoms with E-state index in [4.69, 9.17) is 23.2 Å². The maximum Gasteiger partial charge on any atom is 0.321 e. The number of terminal acetylenes is 1. The number of hydrogen-bond donors (Lipinski definition) is 3. The molecule has 0 aliphatic rings. The van der Waals surface area contributed by atoms with Gasteiger partial charge in [-0.2, -0.15) is 0 Å². The van der Waals surface area contributed by atoms with E-state index in [1.165, 1.54) is 11.3 Å². The number of sulfonamides is 1. The number of thiazole rings is 1. The van der Waals surface area contributed by atoms with Crippen molar-refractivity contribution < 1.29 is 13.2 Å². The van der Waals surface area contributed by atoms with Crippen LogP contribution in [0.1, 0.15) is 18.2 Å². The van der Waals surface area contributed by atoms with Crippen LogP contribution in [0.5, 0.6) is 0 Å². The van der Waals surface area contributed by atoms with Gasteiger partial charge in [0.25, 0.3) is 0 Å². The van der Waals surface area contributed by atoms with Gasteiger partial charge < -0.3 is 5.32 Å². The van der Waals surface area contributed by atoms with Gasteiger partial charge >= 0.3 is 6.03 Å². The monoisotopic (exact) mass is 412 g/mol. The molecule has 0 spiro atoms. The van der Waals surface area contributed by atoms with Crippen LogP contribution in [0.4, 0.5) is 9.93 Å². The lowest BCUT2D eigenvalue weighted by atomic mass is 9.81. The van der Waals surface area contributed by atoms with Crippen LogP contribution in [-0.2, 0) is 15.4 Å². The van der Waals surface area contributed by atoms with Crippen molar-refractivity contribution in [2.45, 2.75) is 12.3 Å². The summed E-state index contributed by atoms with van der Waals surface area (Å²) in [7, 11) is -3.63. The molecule has 1 unspecified atom stereocenters. The largest absolute Gasteiger partial charge is 0.337 e.